The third-order valence-corrected chi connectivity index (χ3v) is 2.50. The first-order valence-corrected chi connectivity index (χ1v) is 5.85. The third kappa shape index (κ3) is 4.08. The Balaban J connectivity index is 2.38. The molecule has 0 spiro atoms. The Morgan fingerprint density at radius 1 is 1.25 bits per heavy atom. The summed E-state index contributed by atoms with van der Waals surface area (Å²) >= 11 is 0. The topological polar surface area (TPSA) is 38.7 Å². The number of hydrogen-bond donors (Lipinski definition) is 1. The lowest BCUT2D eigenvalue weighted by molar-refractivity contribution is -0.138. The summed E-state index contributed by atoms with van der Waals surface area (Å²) in [4.78, 5) is 0. The van der Waals surface area contributed by atoms with E-state index in [9.17, 15) is 0 Å². The second kappa shape index (κ2) is 6.18. The molecule has 1 aliphatic heterocycles. The molecule has 2 atom stereocenters. The van der Waals surface area contributed by atoms with E-state index in [0.29, 0.717) is 0 Å². The first kappa shape index (κ1) is 13.4. The van der Waals surface area contributed by atoms with Gasteiger partial charge in [0.2, 0.25) is 0 Å². The number of unbranched alkanes of at least 4 members (excludes halogenated alkanes) is 2. The summed E-state index contributed by atoms with van der Waals surface area (Å²) in [6.07, 6.45) is 8.60. The summed E-state index contributed by atoms with van der Waals surface area (Å²) in [6.45, 7) is 7.82. The average Bonchev–Trinajstić information content (AvgIpc) is 2.53. The predicted octanol–water partition coefficient (Wildman–Crippen LogP) is 2.41. The molecule has 16 heavy (non-hydrogen) atoms. The summed E-state index contributed by atoms with van der Waals surface area (Å²) < 4.78 is 11.4. The predicted molar refractivity (Wildman–Crippen MR) is 64.1 cm³/mol. The molecule has 3 heteroatoms. The number of aliphatic hydroxyl groups is 1. The van der Waals surface area contributed by atoms with E-state index in [4.69, 9.17) is 14.6 Å². The van der Waals surface area contributed by atoms with Gasteiger partial charge in [0.15, 0.2) is 5.79 Å². The van der Waals surface area contributed by atoms with Gasteiger partial charge in [-0.2, -0.15) is 0 Å². The first-order valence-electron chi connectivity index (χ1n) is 5.85. The van der Waals surface area contributed by atoms with Gasteiger partial charge in [0, 0.05) is 6.61 Å². The van der Waals surface area contributed by atoms with Crippen LogP contribution in [0.3, 0.4) is 0 Å². The SMILES string of the molecule is C=C[C@H]1OC(C)(C)O[C@@H]1/C=C/CCCCO. The van der Waals surface area contributed by atoms with Crippen molar-refractivity contribution < 1.29 is 14.6 Å². The largest absolute Gasteiger partial charge is 0.396 e. The summed E-state index contributed by atoms with van der Waals surface area (Å²) in [5.41, 5.74) is 0. The molecule has 1 N–H and O–H groups in total. The van der Waals surface area contributed by atoms with Crippen molar-refractivity contribution in [1.82, 2.24) is 0 Å². The minimum Gasteiger partial charge on any atom is -0.396 e. The molecule has 0 amide bonds. The molecule has 1 rings (SSSR count). The number of allylic oxidation sites excluding steroid dienone is 1. The lowest BCUT2D eigenvalue weighted by Gasteiger charge is -2.15. The maximum absolute atomic E-state index is 8.64. The van der Waals surface area contributed by atoms with Crippen LogP contribution in [0.4, 0.5) is 0 Å². The molecule has 0 aromatic heterocycles. The summed E-state index contributed by atoms with van der Waals surface area (Å²) in [5.74, 6) is -0.529. The van der Waals surface area contributed by atoms with Crippen LogP contribution in [0.2, 0.25) is 0 Å². The Morgan fingerprint density at radius 3 is 2.56 bits per heavy atom. The Bertz CT molecular complexity index is 246. The fraction of sp³-hybridized carbons (Fsp3) is 0.692. The lowest BCUT2D eigenvalue weighted by Crippen LogP contribution is -2.20. The van der Waals surface area contributed by atoms with Gasteiger partial charge in [0.1, 0.15) is 12.2 Å². The van der Waals surface area contributed by atoms with E-state index in [1.54, 1.807) is 6.08 Å². The van der Waals surface area contributed by atoms with Gasteiger partial charge in [0.25, 0.3) is 0 Å². The van der Waals surface area contributed by atoms with Crippen molar-refractivity contribution in [2.75, 3.05) is 6.61 Å². The van der Waals surface area contributed by atoms with Crippen LogP contribution in [-0.2, 0) is 9.47 Å². The highest BCUT2D eigenvalue weighted by atomic mass is 16.7. The Kier molecular flexibility index (Phi) is 5.19. The minimum atomic E-state index is -0.529. The van der Waals surface area contributed by atoms with Crippen molar-refractivity contribution in [3.63, 3.8) is 0 Å². The first-order chi connectivity index (χ1) is 7.59. The van der Waals surface area contributed by atoms with Gasteiger partial charge >= 0.3 is 0 Å². The van der Waals surface area contributed by atoms with Gasteiger partial charge < -0.3 is 14.6 Å². The standard InChI is InChI=1S/C13H22O3/c1-4-11-12(16-13(2,3)15-11)9-7-5-6-8-10-14/h4,7,9,11-12,14H,1,5-6,8,10H2,2-3H3/b9-7+/t11-,12-/m1/s1. The molecular formula is C13H22O3. The van der Waals surface area contributed by atoms with E-state index in [2.05, 4.69) is 12.7 Å². The van der Waals surface area contributed by atoms with Crippen LogP contribution in [0.5, 0.6) is 0 Å². The van der Waals surface area contributed by atoms with E-state index in [1.807, 2.05) is 19.9 Å². The zero-order valence-corrected chi connectivity index (χ0v) is 10.2. The molecule has 0 aromatic carbocycles. The zero-order chi connectivity index (χ0) is 12.0. The van der Waals surface area contributed by atoms with E-state index in [-0.39, 0.29) is 18.8 Å². The maximum atomic E-state index is 8.64. The van der Waals surface area contributed by atoms with Crippen molar-refractivity contribution >= 4 is 0 Å². The number of ether oxygens (including phenoxy) is 2. The molecule has 0 radical (unpaired) electrons. The molecule has 0 bridgehead atoms. The minimum absolute atomic E-state index is 0.0402. The van der Waals surface area contributed by atoms with Crippen molar-refractivity contribution in [3.8, 4) is 0 Å². The maximum Gasteiger partial charge on any atom is 0.164 e. The highest BCUT2D eigenvalue weighted by Gasteiger charge is 2.37. The third-order valence-electron chi connectivity index (χ3n) is 2.50. The second-order valence-corrected chi connectivity index (χ2v) is 4.45. The van der Waals surface area contributed by atoms with E-state index in [0.717, 1.165) is 19.3 Å². The average molecular weight is 226 g/mol. The van der Waals surface area contributed by atoms with Crippen LogP contribution in [0, 0.1) is 0 Å². The Hall–Kier alpha value is -0.640. The van der Waals surface area contributed by atoms with Gasteiger partial charge in [0.05, 0.1) is 0 Å². The number of hydrogen-bond acceptors (Lipinski definition) is 3. The van der Waals surface area contributed by atoms with Crippen LogP contribution < -0.4 is 0 Å². The molecule has 3 nitrogen and oxygen atoms in total. The summed E-state index contributed by atoms with van der Waals surface area (Å²) in [7, 11) is 0. The van der Waals surface area contributed by atoms with Gasteiger partial charge in [-0.05, 0) is 33.1 Å². The highest BCUT2D eigenvalue weighted by Crippen LogP contribution is 2.29. The zero-order valence-electron chi connectivity index (χ0n) is 10.2. The van der Waals surface area contributed by atoms with Crippen LogP contribution >= 0.6 is 0 Å². The molecule has 0 aromatic rings. The smallest absolute Gasteiger partial charge is 0.164 e. The van der Waals surface area contributed by atoms with Crippen molar-refractivity contribution in [3.05, 3.63) is 24.8 Å². The fourth-order valence-corrected chi connectivity index (χ4v) is 1.75. The van der Waals surface area contributed by atoms with E-state index < -0.39 is 5.79 Å². The normalized spacial score (nSPS) is 28.7. The highest BCUT2D eigenvalue weighted by molar-refractivity contribution is 5.03. The van der Waals surface area contributed by atoms with Gasteiger partial charge in [-0.15, -0.1) is 6.58 Å². The monoisotopic (exact) mass is 226 g/mol. The quantitative estimate of drug-likeness (QED) is 0.558. The molecule has 0 saturated carbocycles. The molecular weight excluding hydrogens is 204 g/mol. The molecule has 1 heterocycles. The Morgan fingerprint density at radius 2 is 1.94 bits per heavy atom. The summed E-state index contributed by atoms with van der Waals surface area (Å²) in [5, 5.41) is 8.64. The van der Waals surface area contributed by atoms with E-state index in [1.165, 1.54) is 0 Å². The fourth-order valence-electron chi connectivity index (χ4n) is 1.75. The molecule has 0 unspecified atom stereocenters. The number of rotatable bonds is 6. The van der Waals surface area contributed by atoms with Gasteiger partial charge in [-0.1, -0.05) is 18.2 Å². The van der Waals surface area contributed by atoms with E-state index >= 15 is 0 Å². The molecule has 0 aliphatic carbocycles. The van der Waals surface area contributed by atoms with Crippen LogP contribution in [0.15, 0.2) is 24.8 Å². The van der Waals surface area contributed by atoms with Crippen LogP contribution in [-0.4, -0.2) is 29.7 Å². The summed E-state index contributed by atoms with van der Waals surface area (Å²) in [6, 6.07) is 0. The van der Waals surface area contributed by atoms with Crippen molar-refractivity contribution in [1.29, 1.82) is 0 Å². The Labute approximate surface area is 97.8 Å². The van der Waals surface area contributed by atoms with Gasteiger partial charge in [-0.3, -0.25) is 0 Å². The molecule has 1 aliphatic rings. The second-order valence-electron chi connectivity index (χ2n) is 4.45. The van der Waals surface area contributed by atoms with Crippen LogP contribution in [0.1, 0.15) is 33.1 Å². The van der Waals surface area contributed by atoms with Crippen molar-refractivity contribution in [2.24, 2.45) is 0 Å². The molecule has 92 valence electrons. The van der Waals surface area contributed by atoms with Crippen molar-refractivity contribution in [2.45, 2.75) is 51.1 Å². The molecule has 1 saturated heterocycles. The van der Waals surface area contributed by atoms with Gasteiger partial charge in [-0.25, -0.2) is 0 Å². The molecule has 1 fully saturated rings. The van der Waals surface area contributed by atoms with Crippen LogP contribution in [0.25, 0.3) is 0 Å². The number of aliphatic hydroxyl groups excluding tert-OH is 1. The lowest BCUT2D eigenvalue weighted by atomic mass is 10.1.